The molecule has 3 rings (SSSR count). The summed E-state index contributed by atoms with van der Waals surface area (Å²) in [5.74, 6) is -1.71. The van der Waals surface area contributed by atoms with E-state index in [4.69, 9.17) is 0 Å². The maximum atomic E-state index is 11.9. The number of rotatable bonds is 6. The van der Waals surface area contributed by atoms with Gasteiger partial charge in [0.25, 0.3) is 0 Å². The number of nitrogens with one attached hydrogen (secondary N) is 1. The number of amides is 3. The van der Waals surface area contributed by atoms with Crippen molar-refractivity contribution in [1.29, 1.82) is 0 Å². The van der Waals surface area contributed by atoms with Crippen molar-refractivity contribution in [3.05, 3.63) is 48.5 Å². The second kappa shape index (κ2) is 11.3. The molecule has 0 saturated carbocycles. The fourth-order valence-corrected chi connectivity index (χ4v) is 4.05. The van der Waals surface area contributed by atoms with E-state index in [-0.39, 0.29) is 34.2 Å². The first-order chi connectivity index (χ1) is 16.6. The van der Waals surface area contributed by atoms with Crippen LogP contribution in [-0.2, 0) is 34.6 Å². The normalized spacial score (nSPS) is 18.9. The van der Waals surface area contributed by atoms with Gasteiger partial charge in [-0.25, -0.2) is 16.8 Å². The van der Waals surface area contributed by atoms with E-state index in [1.165, 1.54) is 36.4 Å². The predicted octanol–water partition coefficient (Wildman–Crippen LogP) is 2.31. The van der Waals surface area contributed by atoms with Crippen LogP contribution in [0, 0.1) is 17.8 Å². The van der Waals surface area contributed by atoms with Crippen LogP contribution in [0.25, 0.3) is 0 Å². The van der Waals surface area contributed by atoms with Crippen LogP contribution in [0.15, 0.2) is 58.3 Å². The average Bonchev–Trinajstić information content (AvgIpc) is 3.00. The molecule has 1 heterocycles. The lowest BCUT2D eigenvalue weighted by atomic mass is 10.00. The Bertz CT molecular complexity index is 1320. The molecule has 2 aromatic carbocycles. The Kier molecular flexibility index (Phi) is 9.13. The molecule has 36 heavy (non-hydrogen) atoms. The van der Waals surface area contributed by atoms with Crippen LogP contribution in [0.1, 0.15) is 34.1 Å². The highest BCUT2D eigenvalue weighted by Crippen LogP contribution is 2.30. The molecule has 1 aliphatic rings. The Labute approximate surface area is 210 Å². The number of benzene rings is 2. The molecule has 0 spiro atoms. The van der Waals surface area contributed by atoms with Gasteiger partial charge in [0.1, 0.15) is 20.2 Å². The van der Waals surface area contributed by atoms with Gasteiger partial charge in [0.2, 0.25) is 17.7 Å². The fourth-order valence-electron chi connectivity index (χ4n) is 3.12. The second-order valence-electron chi connectivity index (χ2n) is 8.31. The van der Waals surface area contributed by atoms with E-state index in [1.54, 1.807) is 20.8 Å². The van der Waals surface area contributed by atoms with Crippen LogP contribution in [0.5, 0.6) is 0 Å². The SMILES string of the molecule is CC1C(=O)N(c2ccc(S(=O)(=O)[O-])cc2)C(=O)C1C.CCC(C)C(=O)Nc1ccc(S(=O)(=O)[O-])cc1. The molecule has 0 bridgehead atoms. The zero-order valence-electron chi connectivity index (χ0n) is 20.0. The first kappa shape index (κ1) is 29.1. The van der Waals surface area contributed by atoms with Crippen LogP contribution >= 0.6 is 0 Å². The van der Waals surface area contributed by atoms with Crippen molar-refractivity contribution in [2.45, 2.75) is 43.9 Å². The Morgan fingerprint density at radius 1 is 0.861 bits per heavy atom. The monoisotopic (exact) mass is 538 g/mol. The number of carbonyl (C=O) groups excluding carboxylic acids is 3. The minimum Gasteiger partial charge on any atom is -0.744 e. The maximum Gasteiger partial charge on any atom is 0.237 e. The van der Waals surface area contributed by atoms with Crippen molar-refractivity contribution in [1.82, 2.24) is 0 Å². The summed E-state index contributed by atoms with van der Waals surface area (Å²) in [6.07, 6.45) is 0.721. The number of anilines is 2. The summed E-state index contributed by atoms with van der Waals surface area (Å²) in [6.45, 7) is 7.03. The summed E-state index contributed by atoms with van der Waals surface area (Å²) < 4.78 is 64.4. The zero-order chi connectivity index (χ0) is 27.4. The van der Waals surface area contributed by atoms with E-state index in [0.717, 1.165) is 23.5 Å². The molecular weight excluding hydrogens is 512 g/mol. The highest BCUT2D eigenvalue weighted by atomic mass is 32.2. The molecule has 11 nitrogen and oxygen atoms in total. The number of hydrogen-bond acceptors (Lipinski definition) is 9. The van der Waals surface area contributed by atoms with E-state index in [1.807, 2.05) is 6.92 Å². The summed E-state index contributed by atoms with van der Waals surface area (Å²) in [5, 5.41) is 2.64. The van der Waals surface area contributed by atoms with Crippen LogP contribution in [0.3, 0.4) is 0 Å². The molecular formula is C23H26N2O9S2-2. The van der Waals surface area contributed by atoms with Gasteiger partial charge in [-0.15, -0.1) is 0 Å². The lowest BCUT2D eigenvalue weighted by molar-refractivity contribution is -0.122. The van der Waals surface area contributed by atoms with E-state index in [9.17, 15) is 40.3 Å². The number of imide groups is 1. The quantitative estimate of drug-likeness (QED) is 0.426. The molecule has 3 unspecified atom stereocenters. The third-order valence-corrected chi connectivity index (χ3v) is 7.52. The van der Waals surface area contributed by atoms with Crippen LogP contribution in [-0.4, -0.2) is 43.7 Å². The molecule has 196 valence electrons. The Morgan fingerprint density at radius 3 is 1.61 bits per heavy atom. The van der Waals surface area contributed by atoms with Crippen molar-refractivity contribution in [2.75, 3.05) is 10.2 Å². The number of nitrogens with zero attached hydrogens (tertiary/aromatic N) is 1. The predicted molar refractivity (Wildman–Crippen MR) is 128 cm³/mol. The smallest absolute Gasteiger partial charge is 0.237 e. The molecule has 3 atom stereocenters. The van der Waals surface area contributed by atoms with Gasteiger partial charge in [-0.1, -0.05) is 27.7 Å². The van der Waals surface area contributed by atoms with E-state index >= 15 is 0 Å². The molecule has 1 N–H and O–H groups in total. The van der Waals surface area contributed by atoms with Gasteiger partial charge in [-0.2, -0.15) is 0 Å². The number of carbonyl (C=O) groups is 3. The molecule has 1 fully saturated rings. The lowest BCUT2D eigenvalue weighted by Gasteiger charge is -2.15. The third kappa shape index (κ3) is 6.97. The Balaban J connectivity index is 0.000000255. The van der Waals surface area contributed by atoms with Crippen molar-refractivity contribution in [3.63, 3.8) is 0 Å². The van der Waals surface area contributed by atoms with Crippen LogP contribution in [0.4, 0.5) is 11.4 Å². The molecule has 2 aromatic rings. The van der Waals surface area contributed by atoms with Crippen LogP contribution in [0.2, 0.25) is 0 Å². The van der Waals surface area contributed by atoms with Gasteiger partial charge in [0.05, 0.1) is 15.5 Å². The van der Waals surface area contributed by atoms with Crippen molar-refractivity contribution < 1.29 is 40.3 Å². The van der Waals surface area contributed by atoms with Gasteiger partial charge < -0.3 is 14.4 Å². The molecule has 0 radical (unpaired) electrons. The van der Waals surface area contributed by atoms with E-state index in [0.29, 0.717) is 5.69 Å². The first-order valence-electron chi connectivity index (χ1n) is 10.9. The minimum atomic E-state index is -4.53. The van der Waals surface area contributed by atoms with Crippen molar-refractivity contribution in [2.24, 2.45) is 17.8 Å². The lowest BCUT2D eigenvalue weighted by Crippen LogP contribution is -2.30. The molecule has 0 aliphatic carbocycles. The maximum absolute atomic E-state index is 11.9. The number of hydrogen-bond donors (Lipinski definition) is 1. The highest BCUT2D eigenvalue weighted by Gasteiger charge is 2.42. The van der Waals surface area contributed by atoms with E-state index in [2.05, 4.69) is 5.32 Å². The molecule has 13 heteroatoms. The van der Waals surface area contributed by atoms with Crippen molar-refractivity contribution >= 4 is 49.3 Å². The summed E-state index contributed by atoms with van der Waals surface area (Å²) >= 11 is 0. The van der Waals surface area contributed by atoms with Crippen LogP contribution < -0.4 is 10.2 Å². The Morgan fingerprint density at radius 2 is 1.25 bits per heavy atom. The van der Waals surface area contributed by atoms with Crippen molar-refractivity contribution in [3.8, 4) is 0 Å². The molecule has 0 aromatic heterocycles. The second-order valence-corrected chi connectivity index (χ2v) is 11.1. The minimum absolute atomic E-state index is 0.113. The Hall–Kier alpha value is -3.13. The summed E-state index contributed by atoms with van der Waals surface area (Å²) in [4.78, 5) is 35.7. The highest BCUT2D eigenvalue weighted by molar-refractivity contribution is 7.86. The van der Waals surface area contributed by atoms with Gasteiger partial charge in [-0.3, -0.25) is 19.3 Å². The average molecular weight is 539 g/mol. The third-order valence-electron chi connectivity index (χ3n) is 5.82. The van der Waals surface area contributed by atoms with Gasteiger partial charge in [-0.05, 0) is 55.0 Å². The summed E-state index contributed by atoms with van der Waals surface area (Å²) in [6, 6.07) is 9.88. The largest absolute Gasteiger partial charge is 0.744 e. The molecule has 1 saturated heterocycles. The van der Waals surface area contributed by atoms with E-state index < -0.39 is 37.0 Å². The topological polar surface area (TPSA) is 181 Å². The first-order valence-corrected chi connectivity index (χ1v) is 13.7. The molecule has 3 amide bonds. The fraction of sp³-hybridized carbons (Fsp3) is 0.348. The van der Waals surface area contributed by atoms with Gasteiger partial charge in [0.15, 0.2) is 0 Å². The summed E-state index contributed by atoms with van der Waals surface area (Å²) in [7, 11) is -8.96. The summed E-state index contributed by atoms with van der Waals surface area (Å²) in [5.41, 5.74) is 0.751. The zero-order valence-corrected chi connectivity index (χ0v) is 21.6. The molecule has 1 aliphatic heterocycles. The standard InChI is InChI=1S/C12H13NO5S.C11H15NO4S/c1-7-8(2)12(15)13(11(7)14)9-3-5-10(6-4-9)19(16,17)18;1-3-8(2)11(13)12-9-4-6-10(7-5-9)17(14,15)16/h3-8H,1-2H3,(H,16,17,18);4-8H,3H2,1-2H3,(H,12,13)(H,14,15,16)/p-2. The van der Waals surface area contributed by atoms with Gasteiger partial charge in [0, 0.05) is 23.4 Å². The van der Waals surface area contributed by atoms with Gasteiger partial charge >= 0.3 is 0 Å².